The molecule has 10 heteroatoms. The van der Waals surface area contributed by atoms with Gasteiger partial charge in [-0.15, -0.1) is 0 Å². The van der Waals surface area contributed by atoms with Crippen molar-refractivity contribution in [3.8, 4) is 5.75 Å². The molecule has 3 amide bonds. The van der Waals surface area contributed by atoms with E-state index in [9.17, 15) is 14.4 Å². The van der Waals surface area contributed by atoms with Crippen molar-refractivity contribution in [2.24, 2.45) is 11.8 Å². The van der Waals surface area contributed by atoms with Gasteiger partial charge in [0, 0.05) is 18.7 Å². The molecule has 4 heterocycles. The maximum atomic E-state index is 14.2. The number of carbonyl (C=O) groups is 3. The van der Waals surface area contributed by atoms with E-state index in [2.05, 4.69) is 15.8 Å². The Bertz CT molecular complexity index is 1330. The van der Waals surface area contributed by atoms with Crippen molar-refractivity contribution < 1.29 is 28.4 Å². The minimum atomic E-state index is -1.23. The Balaban J connectivity index is 1.31. The van der Waals surface area contributed by atoms with E-state index >= 15 is 0 Å². The fraction of sp³-hybridized carbons (Fsp3) is 0.533. The van der Waals surface area contributed by atoms with Crippen molar-refractivity contribution in [2.75, 3.05) is 19.0 Å². The maximum absolute atomic E-state index is 14.2. The van der Waals surface area contributed by atoms with Crippen LogP contribution in [0.4, 0.5) is 5.82 Å². The zero-order chi connectivity index (χ0) is 28.1. The van der Waals surface area contributed by atoms with Gasteiger partial charge in [-0.3, -0.25) is 14.4 Å². The highest BCUT2D eigenvalue weighted by atomic mass is 16.5. The maximum Gasteiger partial charge on any atom is 0.246 e. The highest BCUT2D eigenvalue weighted by Gasteiger charge is 2.76. The summed E-state index contributed by atoms with van der Waals surface area (Å²) in [6, 6.07) is 8.48. The van der Waals surface area contributed by atoms with Crippen LogP contribution in [0.3, 0.4) is 0 Å². The minimum Gasteiger partial charge on any atom is -0.497 e. The van der Waals surface area contributed by atoms with Gasteiger partial charge in [0.25, 0.3) is 0 Å². The molecular weight excluding hydrogens is 512 g/mol. The molecule has 40 heavy (non-hydrogen) atoms. The van der Waals surface area contributed by atoms with E-state index in [-0.39, 0.29) is 29.6 Å². The topological polar surface area (TPSA) is 123 Å². The molecule has 2 N–H and O–H groups in total. The summed E-state index contributed by atoms with van der Waals surface area (Å²) in [6.45, 7) is 3.86. The lowest BCUT2D eigenvalue weighted by Crippen LogP contribution is -2.57. The number of nitrogens with one attached hydrogen (secondary N) is 2. The molecule has 3 aliphatic heterocycles. The second-order valence-electron chi connectivity index (χ2n) is 11.6. The van der Waals surface area contributed by atoms with Gasteiger partial charge in [-0.1, -0.05) is 48.7 Å². The lowest BCUT2D eigenvalue weighted by molar-refractivity contribution is -0.144. The molecular formula is C30H36N4O6. The molecule has 1 aromatic heterocycles. The first-order valence-electron chi connectivity index (χ1n) is 14.1. The van der Waals surface area contributed by atoms with Gasteiger partial charge in [0.1, 0.15) is 23.2 Å². The van der Waals surface area contributed by atoms with E-state index in [1.807, 2.05) is 36.4 Å². The van der Waals surface area contributed by atoms with E-state index in [1.54, 1.807) is 31.9 Å². The standard InChI is InChI=1S/C30H36N4O6/c1-18-17-22(33-39-18)32-26(35)23-24-28(37)34(16-13-19-9-11-21(38-3)12-10-19)25(30(24)15-14-29(23,2)40-30)27(36)31-20-7-5-4-6-8-20/h9-12,14-15,17,20,23-25H,4-8,13,16H2,1-3H3,(H,31,36)(H,32,33,35)/t23-,24+,25+,29-,30+/m1/s1. The van der Waals surface area contributed by atoms with Crippen molar-refractivity contribution in [2.45, 2.75) is 75.7 Å². The molecule has 10 nitrogen and oxygen atoms in total. The summed E-state index contributed by atoms with van der Waals surface area (Å²) < 4.78 is 17.0. The summed E-state index contributed by atoms with van der Waals surface area (Å²) in [5, 5.41) is 9.90. The van der Waals surface area contributed by atoms with Crippen molar-refractivity contribution >= 4 is 23.5 Å². The van der Waals surface area contributed by atoms with Gasteiger partial charge in [0.2, 0.25) is 17.7 Å². The van der Waals surface area contributed by atoms with Gasteiger partial charge in [0.15, 0.2) is 5.82 Å². The van der Waals surface area contributed by atoms with Crippen molar-refractivity contribution in [3.05, 3.63) is 53.8 Å². The molecule has 0 radical (unpaired) electrons. The first-order chi connectivity index (χ1) is 19.2. The summed E-state index contributed by atoms with van der Waals surface area (Å²) in [7, 11) is 1.62. The van der Waals surface area contributed by atoms with Gasteiger partial charge in [-0.25, -0.2) is 0 Å². The van der Waals surface area contributed by atoms with Crippen LogP contribution in [0.1, 0.15) is 50.4 Å². The van der Waals surface area contributed by atoms with Gasteiger partial charge in [-0.2, -0.15) is 0 Å². The van der Waals surface area contributed by atoms with Crippen LogP contribution >= 0.6 is 0 Å². The number of amides is 3. The number of nitrogens with zero attached hydrogens (tertiary/aromatic N) is 2. The Morgan fingerprint density at radius 3 is 2.55 bits per heavy atom. The molecule has 5 atom stereocenters. The van der Waals surface area contributed by atoms with Crippen molar-refractivity contribution in [1.82, 2.24) is 15.4 Å². The van der Waals surface area contributed by atoms with Gasteiger partial charge in [0.05, 0.1) is 24.5 Å². The number of methoxy groups -OCH3 is 1. The first kappa shape index (κ1) is 26.6. The Labute approximate surface area is 233 Å². The molecule has 6 rings (SSSR count). The zero-order valence-electron chi connectivity index (χ0n) is 23.1. The van der Waals surface area contributed by atoms with Crippen molar-refractivity contribution in [3.63, 3.8) is 0 Å². The average Bonchev–Trinajstić information content (AvgIpc) is 3.65. The Morgan fingerprint density at radius 1 is 1.12 bits per heavy atom. The van der Waals surface area contributed by atoms with Crippen LogP contribution in [-0.2, 0) is 25.5 Å². The molecule has 1 saturated carbocycles. The van der Waals surface area contributed by atoms with E-state index in [0.29, 0.717) is 18.7 Å². The molecule has 1 aromatic carbocycles. The lowest BCUT2D eigenvalue weighted by Gasteiger charge is -2.34. The number of ether oxygens (including phenoxy) is 2. The molecule has 2 bridgehead atoms. The molecule has 3 fully saturated rings. The number of benzene rings is 1. The number of hydrogen-bond acceptors (Lipinski definition) is 7. The summed E-state index contributed by atoms with van der Waals surface area (Å²) in [6.07, 6.45) is 9.38. The first-order valence-corrected chi connectivity index (χ1v) is 14.1. The summed E-state index contributed by atoms with van der Waals surface area (Å²) >= 11 is 0. The smallest absolute Gasteiger partial charge is 0.246 e. The van der Waals surface area contributed by atoms with Crippen LogP contribution in [0.5, 0.6) is 5.75 Å². The fourth-order valence-electron chi connectivity index (χ4n) is 7.07. The van der Waals surface area contributed by atoms with E-state index < -0.39 is 29.1 Å². The number of anilines is 1. The quantitative estimate of drug-likeness (QED) is 0.486. The molecule has 2 saturated heterocycles. The average molecular weight is 549 g/mol. The Morgan fingerprint density at radius 2 is 1.88 bits per heavy atom. The van der Waals surface area contributed by atoms with E-state index in [4.69, 9.17) is 14.0 Å². The minimum absolute atomic E-state index is 0.0721. The monoisotopic (exact) mass is 548 g/mol. The van der Waals surface area contributed by atoms with Gasteiger partial charge >= 0.3 is 0 Å². The molecule has 4 aliphatic rings. The largest absolute Gasteiger partial charge is 0.497 e. The molecule has 1 aliphatic carbocycles. The van der Waals surface area contributed by atoms with Crippen LogP contribution in [0.15, 0.2) is 47.0 Å². The lowest BCUT2D eigenvalue weighted by atomic mass is 9.70. The fourth-order valence-corrected chi connectivity index (χ4v) is 7.07. The van der Waals surface area contributed by atoms with E-state index in [1.165, 1.54) is 6.42 Å². The number of likely N-dealkylation sites (tertiary alicyclic amines) is 1. The molecule has 1 spiro atoms. The second kappa shape index (κ2) is 10.1. The third-order valence-corrected chi connectivity index (χ3v) is 8.96. The SMILES string of the molecule is COc1ccc(CCN2C(=O)[C@@H]3[C@H](C(=O)Nc4cc(C)on4)[C@@]4(C)C=C[C@@]3(O4)[C@@H]2C(=O)NC2CCCCC2)cc1. The highest BCUT2D eigenvalue weighted by Crippen LogP contribution is 2.59. The number of fused-ring (bicyclic) bond motifs is 1. The van der Waals surface area contributed by atoms with Gasteiger partial charge in [-0.05, 0) is 50.8 Å². The Kier molecular flexibility index (Phi) is 6.68. The van der Waals surface area contributed by atoms with Crippen LogP contribution in [-0.4, -0.2) is 64.7 Å². The number of aryl methyl sites for hydroxylation is 1. The van der Waals surface area contributed by atoms with Gasteiger partial charge < -0.3 is 29.5 Å². The summed E-state index contributed by atoms with van der Waals surface area (Å²) in [4.78, 5) is 43.5. The van der Waals surface area contributed by atoms with Crippen molar-refractivity contribution in [1.29, 1.82) is 0 Å². The van der Waals surface area contributed by atoms with Crippen LogP contribution in [0.25, 0.3) is 0 Å². The molecule has 212 valence electrons. The molecule has 2 aromatic rings. The normalized spacial score (nSPS) is 30.9. The number of hydrogen-bond donors (Lipinski definition) is 2. The highest BCUT2D eigenvalue weighted by molar-refractivity contribution is 6.03. The summed E-state index contributed by atoms with van der Waals surface area (Å²) in [5.74, 6) is -0.945. The third kappa shape index (κ3) is 4.38. The number of rotatable bonds is 8. The second-order valence-corrected chi connectivity index (χ2v) is 11.6. The van der Waals surface area contributed by atoms with E-state index in [0.717, 1.165) is 37.0 Å². The predicted octanol–water partition coefficient (Wildman–Crippen LogP) is 3.16. The number of carbonyl (C=O) groups excluding carboxylic acids is 3. The zero-order valence-corrected chi connectivity index (χ0v) is 23.1. The summed E-state index contributed by atoms with van der Waals surface area (Å²) in [5.41, 5.74) is -1.25. The van der Waals surface area contributed by atoms with Crippen LogP contribution in [0, 0.1) is 18.8 Å². The van der Waals surface area contributed by atoms with Crippen LogP contribution < -0.4 is 15.4 Å². The molecule has 0 unspecified atom stereocenters. The third-order valence-electron chi connectivity index (χ3n) is 8.96. The predicted molar refractivity (Wildman–Crippen MR) is 145 cm³/mol. The van der Waals surface area contributed by atoms with Crippen LogP contribution in [0.2, 0.25) is 0 Å². The Hall–Kier alpha value is -3.66. The number of aromatic nitrogens is 1.